The van der Waals surface area contributed by atoms with Gasteiger partial charge in [-0.2, -0.15) is 0 Å². The molecule has 0 bridgehead atoms. The lowest BCUT2D eigenvalue weighted by Crippen LogP contribution is -2.26. The zero-order valence-electron chi connectivity index (χ0n) is 12.3. The summed E-state index contributed by atoms with van der Waals surface area (Å²) in [4.78, 5) is 0.207. The van der Waals surface area contributed by atoms with Crippen LogP contribution in [0.4, 0.5) is 5.69 Å². The highest BCUT2D eigenvalue weighted by Gasteiger charge is 2.25. The van der Waals surface area contributed by atoms with Gasteiger partial charge in [-0.25, -0.2) is 8.42 Å². The van der Waals surface area contributed by atoms with Gasteiger partial charge in [-0.05, 0) is 18.2 Å². The van der Waals surface area contributed by atoms with Crippen LogP contribution < -0.4 is 14.8 Å². The quantitative estimate of drug-likeness (QED) is 0.903. The minimum atomic E-state index is -3.66. The zero-order valence-corrected chi connectivity index (χ0v) is 13.1. The van der Waals surface area contributed by atoms with Crippen molar-refractivity contribution in [3.8, 4) is 5.75 Å². The van der Waals surface area contributed by atoms with E-state index in [0.29, 0.717) is 11.4 Å². The van der Waals surface area contributed by atoms with E-state index in [1.165, 1.54) is 18.5 Å². The van der Waals surface area contributed by atoms with E-state index in [4.69, 9.17) is 10.5 Å². The molecule has 0 aliphatic rings. The lowest BCUT2D eigenvalue weighted by Gasteiger charge is -2.20. The molecule has 2 aromatic rings. The molecule has 0 atom stereocenters. The predicted molar refractivity (Wildman–Crippen MR) is 81.9 cm³/mol. The van der Waals surface area contributed by atoms with Gasteiger partial charge in [-0.1, -0.05) is 12.1 Å². The molecule has 2 N–H and O–H groups in total. The number of benzene rings is 1. The van der Waals surface area contributed by atoms with Crippen LogP contribution in [0, 0.1) is 0 Å². The summed E-state index contributed by atoms with van der Waals surface area (Å²) < 4.78 is 33.5. The van der Waals surface area contributed by atoms with Crippen LogP contribution in [0.25, 0.3) is 0 Å². The van der Waals surface area contributed by atoms with E-state index in [9.17, 15) is 8.42 Å². The first-order valence-electron chi connectivity index (χ1n) is 6.39. The number of anilines is 1. The van der Waals surface area contributed by atoms with Crippen molar-refractivity contribution in [1.29, 1.82) is 0 Å². The van der Waals surface area contributed by atoms with Gasteiger partial charge in [0.25, 0.3) is 10.0 Å². The Balaban J connectivity index is 2.47. The van der Waals surface area contributed by atoms with E-state index in [2.05, 4.69) is 0 Å². The summed E-state index contributed by atoms with van der Waals surface area (Å²) in [6.45, 7) is 0.282. The Morgan fingerprint density at radius 2 is 2.00 bits per heavy atom. The third-order valence-corrected chi connectivity index (χ3v) is 5.11. The Morgan fingerprint density at radius 1 is 1.33 bits per heavy atom. The van der Waals surface area contributed by atoms with Gasteiger partial charge in [0.15, 0.2) is 0 Å². The van der Waals surface area contributed by atoms with Gasteiger partial charge >= 0.3 is 0 Å². The molecule has 0 aliphatic carbocycles. The second-order valence-electron chi connectivity index (χ2n) is 4.63. The van der Waals surface area contributed by atoms with Gasteiger partial charge < -0.3 is 15.0 Å². The Hall–Kier alpha value is -1.99. The fourth-order valence-corrected chi connectivity index (χ4v) is 3.40. The second-order valence-corrected chi connectivity index (χ2v) is 6.60. The maximum atomic E-state index is 12.7. The smallest absolute Gasteiger partial charge is 0.265 e. The Bertz CT molecular complexity index is 738. The van der Waals surface area contributed by atoms with Crippen LogP contribution in [0.3, 0.4) is 0 Å². The van der Waals surface area contributed by atoms with Crippen molar-refractivity contribution in [1.82, 2.24) is 4.57 Å². The fourth-order valence-electron chi connectivity index (χ4n) is 2.10. The number of aryl methyl sites for hydroxylation is 1. The molecular formula is C14H19N3O3S. The van der Waals surface area contributed by atoms with Gasteiger partial charge in [0.05, 0.1) is 12.8 Å². The highest BCUT2D eigenvalue weighted by atomic mass is 32.2. The van der Waals surface area contributed by atoms with E-state index in [1.807, 2.05) is 0 Å². The molecule has 7 heteroatoms. The molecule has 1 heterocycles. The molecule has 1 aromatic carbocycles. The molecule has 2 rings (SSSR count). The van der Waals surface area contributed by atoms with E-state index >= 15 is 0 Å². The number of methoxy groups -OCH3 is 1. The van der Waals surface area contributed by atoms with Crippen LogP contribution in [-0.2, 0) is 23.6 Å². The van der Waals surface area contributed by atoms with E-state index in [-0.39, 0.29) is 11.4 Å². The number of nitrogens with two attached hydrogens (primary N) is 1. The maximum absolute atomic E-state index is 12.7. The first-order valence-corrected chi connectivity index (χ1v) is 7.83. The Labute approximate surface area is 124 Å². The largest absolute Gasteiger partial charge is 0.495 e. The molecule has 0 unspecified atom stereocenters. The van der Waals surface area contributed by atoms with E-state index < -0.39 is 10.0 Å². The van der Waals surface area contributed by atoms with Gasteiger partial charge in [0, 0.05) is 32.5 Å². The number of para-hydroxylation sites is 2. The molecule has 0 radical (unpaired) electrons. The van der Waals surface area contributed by atoms with Crippen LogP contribution in [0.15, 0.2) is 41.4 Å². The van der Waals surface area contributed by atoms with Crippen LogP contribution >= 0.6 is 0 Å². The SMILES string of the molecule is COc1ccccc1N(C)S(=O)(=O)c1cc(CN)n(C)c1. The Kier molecular flexibility index (Phi) is 4.24. The van der Waals surface area contributed by atoms with Crippen molar-refractivity contribution in [3.05, 3.63) is 42.2 Å². The number of hydrogen-bond acceptors (Lipinski definition) is 4. The van der Waals surface area contributed by atoms with Gasteiger partial charge in [-0.3, -0.25) is 4.31 Å². The van der Waals surface area contributed by atoms with Crippen LogP contribution in [0.2, 0.25) is 0 Å². The summed E-state index contributed by atoms with van der Waals surface area (Å²) in [5, 5.41) is 0. The first-order chi connectivity index (χ1) is 9.91. The van der Waals surface area contributed by atoms with Crippen molar-refractivity contribution in [2.24, 2.45) is 12.8 Å². The summed E-state index contributed by atoms with van der Waals surface area (Å²) in [6.07, 6.45) is 1.56. The summed E-state index contributed by atoms with van der Waals surface area (Å²) in [5.74, 6) is 0.499. The first kappa shape index (κ1) is 15.4. The number of aromatic nitrogens is 1. The number of nitrogens with zero attached hydrogens (tertiary/aromatic N) is 2. The average Bonchev–Trinajstić information content (AvgIpc) is 2.88. The number of ether oxygens (including phenoxy) is 1. The number of sulfonamides is 1. The lowest BCUT2D eigenvalue weighted by molar-refractivity contribution is 0.416. The molecule has 21 heavy (non-hydrogen) atoms. The van der Waals surface area contributed by atoms with Crippen molar-refractivity contribution >= 4 is 15.7 Å². The minimum absolute atomic E-state index is 0.207. The Morgan fingerprint density at radius 3 is 2.57 bits per heavy atom. The monoisotopic (exact) mass is 309 g/mol. The van der Waals surface area contributed by atoms with Crippen LogP contribution in [-0.4, -0.2) is 27.1 Å². The van der Waals surface area contributed by atoms with Crippen LogP contribution in [0.5, 0.6) is 5.75 Å². The topological polar surface area (TPSA) is 77.6 Å². The van der Waals surface area contributed by atoms with Gasteiger partial charge in [-0.15, -0.1) is 0 Å². The highest BCUT2D eigenvalue weighted by molar-refractivity contribution is 7.92. The molecule has 114 valence electrons. The maximum Gasteiger partial charge on any atom is 0.265 e. The summed E-state index contributed by atoms with van der Waals surface area (Å²) in [6, 6.07) is 8.56. The zero-order chi connectivity index (χ0) is 15.6. The minimum Gasteiger partial charge on any atom is -0.495 e. The summed E-state index contributed by atoms with van der Waals surface area (Å²) in [7, 11) is 1.12. The molecule has 6 nitrogen and oxygen atoms in total. The van der Waals surface area contributed by atoms with Crippen molar-refractivity contribution in [2.75, 3.05) is 18.5 Å². The van der Waals surface area contributed by atoms with Crippen molar-refractivity contribution in [2.45, 2.75) is 11.4 Å². The molecule has 0 amide bonds. The summed E-state index contributed by atoms with van der Waals surface area (Å²) in [5.41, 5.74) is 6.83. The normalized spacial score (nSPS) is 11.4. The molecule has 1 aromatic heterocycles. The molecule has 0 saturated carbocycles. The second kappa shape index (κ2) is 5.79. The summed E-state index contributed by atoms with van der Waals surface area (Å²) >= 11 is 0. The number of hydrogen-bond donors (Lipinski definition) is 1. The average molecular weight is 309 g/mol. The lowest BCUT2D eigenvalue weighted by atomic mass is 10.3. The van der Waals surface area contributed by atoms with Crippen molar-refractivity contribution < 1.29 is 13.2 Å². The molecule has 0 spiro atoms. The van der Waals surface area contributed by atoms with E-state index in [0.717, 1.165) is 5.69 Å². The van der Waals surface area contributed by atoms with Crippen molar-refractivity contribution in [3.63, 3.8) is 0 Å². The standard InChI is InChI=1S/C14H19N3O3S/c1-16-10-12(8-11(16)9-15)21(18,19)17(2)13-6-4-5-7-14(13)20-3/h4-8,10H,9,15H2,1-3H3. The van der Waals surface area contributed by atoms with Gasteiger partial charge in [0.2, 0.25) is 0 Å². The molecular weight excluding hydrogens is 290 g/mol. The highest BCUT2D eigenvalue weighted by Crippen LogP contribution is 2.31. The third-order valence-electron chi connectivity index (χ3n) is 3.37. The molecule has 0 aliphatic heterocycles. The number of rotatable bonds is 5. The van der Waals surface area contributed by atoms with Crippen LogP contribution in [0.1, 0.15) is 5.69 Å². The van der Waals surface area contributed by atoms with Gasteiger partial charge in [0.1, 0.15) is 10.6 Å². The fraction of sp³-hybridized carbons (Fsp3) is 0.286. The predicted octanol–water partition coefficient (Wildman–Crippen LogP) is 1.32. The van der Waals surface area contributed by atoms with E-state index in [1.54, 1.807) is 48.1 Å². The molecule has 0 fully saturated rings. The third kappa shape index (κ3) is 2.74. The molecule has 0 saturated heterocycles.